The second-order valence-electron chi connectivity index (χ2n) is 6.44. The van der Waals surface area contributed by atoms with Crippen molar-refractivity contribution >= 4 is 17.3 Å². The lowest BCUT2D eigenvalue weighted by atomic mass is 10.1. The Morgan fingerprint density at radius 1 is 1.13 bits per heavy atom. The van der Waals surface area contributed by atoms with Gasteiger partial charge in [0.15, 0.2) is 0 Å². The molecule has 2 aromatic carbocycles. The molecular formula is C20H24N2O. The fraction of sp³-hybridized carbons (Fsp3) is 0.350. The third-order valence-electron chi connectivity index (χ3n) is 4.53. The molecule has 0 fully saturated rings. The van der Waals surface area contributed by atoms with Crippen molar-refractivity contribution in [3.8, 4) is 0 Å². The standard InChI is InChI=1S/C20H24N2O/c1-14-12-15(2)20(16(3)13-14)21-19(23)9-11-22-10-8-17-6-4-5-7-18(17)22/h4-7,12-13H,8-11H2,1-3H3,(H,21,23). The van der Waals surface area contributed by atoms with E-state index in [1.54, 1.807) is 0 Å². The Hall–Kier alpha value is -2.29. The fourth-order valence-electron chi connectivity index (χ4n) is 3.45. The molecule has 0 bridgehead atoms. The highest BCUT2D eigenvalue weighted by Crippen LogP contribution is 2.27. The first-order chi connectivity index (χ1) is 11.0. The first-order valence-electron chi connectivity index (χ1n) is 8.25. The van der Waals surface area contributed by atoms with Crippen molar-refractivity contribution < 1.29 is 4.79 Å². The number of amides is 1. The first-order valence-corrected chi connectivity index (χ1v) is 8.25. The van der Waals surface area contributed by atoms with Crippen molar-refractivity contribution in [3.63, 3.8) is 0 Å². The number of rotatable bonds is 4. The van der Waals surface area contributed by atoms with Crippen LogP contribution in [0.5, 0.6) is 0 Å². The van der Waals surface area contributed by atoms with Gasteiger partial charge in [-0.15, -0.1) is 0 Å². The molecule has 3 heteroatoms. The zero-order valence-corrected chi connectivity index (χ0v) is 14.1. The molecule has 0 spiro atoms. The topological polar surface area (TPSA) is 32.3 Å². The van der Waals surface area contributed by atoms with Crippen LogP contribution in [-0.2, 0) is 11.2 Å². The number of hydrogen-bond donors (Lipinski definition) is 1. The number of aryl methyl sites for hydroxylation is 3. The van der Waals surface area contributed by atoms with Gasteiger partial charge in [0, 0.05) is 30.9 Å². The molecule has 3 rings (SSSR count). The second kappa shape index (κ2) is 6.45. The Balaban J connectivity index is 1.61. The smallest absolute Gasteiger partial charge is 0.226 e. The van der Waals surface area contributed by atoms with E-state index in [0.717, 1.165) is 36.3 Å². The van der Waals surface area contributed by atoms with Crippen LogP contribution in [0.4, 0.5) is 11.4 Å². The molecule has 1 amide bonds. The second-order valence-corrected chi connectivity index (χ2v) is 6.44. The number of nitrogens with zero attached hydrogens (tertiary/aromatic N) is 1. The van der Waals surface area contributed by atoms with Gasteiger partial charge in [0.25, 0.3) is 0 Å². The summed E-state index contributed by atoms with van der Waals surface area (Å²) in [7, 11) is 0. The van der Waals surface area contributed by atoms with Crippen LogP contribution in [0, 0.1) is 20.8 Å². The SMILES string of the molecule is Cc1cc(C)c(NC(=O)CCN2CCc3ccccc32)c(C)c1. The predicted octanol–water partition coefficient (Wildman–Crippen LogP) is 4.00. The van der Waals surface area contributed by atoms with Gasteiger partial charge in [0.2, 0.25) is 5.91 Å². The normalized spacial score (nSPS) is 13.1. The number of carbonyl (C=O) groups excluding carboxylic acids is 1. The molecule has 0 aliphatic carbocycles. The van der Waals surface area contributed by atoms with E-state index in [0.29, 0.717) is 6.42 Å². The molecule has 0 saturated heterocycles. The van der Waals surface area contributed by atoms with Crippen molar-refractivity contribution in [2.45, 2.75) is 33.6 Å². The van der Waals surface area contributed by atoms with Crippen LogP contribution in [0.2, 0.25) is 0 Å². The Labute approximate surface area is 138 Å². The molecule has 1 aliphatic rings. The highest BCUT2D eigenvalue weighted by atomic mass is 16.1. The molecule has 0 aromatic heterocycles. The lowest BCUT2D eigenvalue weighted by molar-refractivity contribution is -0.116. The molecule has 120 valence electrons. The third kappa shape index (κ3) is 3.39. The van der Waals surface area contributed by atoms with Crippen LogP contribution in [-0.4, -0.2) is 19.0 Å². The molecule has 1 N–H and O–H groups in total. The van der Waals surface area contributed by atoms with E-state index in [4.69, 9.17) is 0 Å². The molecule has 0 unspecified atom stereocenters. The summed E-state index contributed by atoms with van der Waals surface area (Å²) < 4.78 is 0. The van der Waals surface area contributed by atoms with Gasteiger partial charge in [-0.3, -0.25) is 4.79 Å². The molecule has 0 radical (unpaired) electrons. The fourth-order valence-corrected chi connectivity index (χ4v) is 3.45. The zero-order valence-electron chi connectivity index (χ0n) is 14.1. The van der Waals surface area contributed by atoms with Crippen LogP contribution < -0.4 is 10.2 Å². The predicted molar refractivity (Wildman–Crippen MR) is 96.3 cm³/mol. The average molecular weight is 308 g/mol. The summed E-state index contributed by atoms with van der Waals surface area (Å²) in [5, 5.41) is 3.09. The molecule has 2 aromatic rings. The largest absolute Gasteiger partial charge is 0.370 e. The summed E-state index contributed by atoms with van der Waals surface area (Å²) in [6.45, 7) is 7.96. The zero-order chi connectivity index (χ0) is 16.4. The quantitative estimate of drug-likeness (QED) is 0.926. The molecule has 1 heterocycles. The van der Waals surface area contributed by atoms with Gasteiger partial charge < -0.3 is 10.2 Å². The number of anilines is 2. The van der Waals surface area contributed by atoms with Crippen LogP contribution in [0.3, 0.4) is 0 Å². The van der Waals surface area contributed by atoms with Gasteiger partial charge in [-0.2, -0.15) is 0 Å². The van der Waals surface area contributed by atoms with E-state index in [-0.39, 0.29) is 5.91 Å². The van der Waals surface area contributed by atoms with E-state index < -0.39 is 0 Å². The first kappa shape index (κ1) is 15.6. The number of fused-ring (bicyclic) bond motifs is 1. The highest BCUT2D eigenvalue weighted by molar-refractivity contribution is 5.92. The van der Waals surface area contributed by atoms with Gasteiger partial charge in [-0.1, -0.05) is 35.9 Å². The van der Waals surface area contributed by atoms with E-state index >= 15 is 0 Å². The number of benzene rings is 2. The lowest BCUT2D eigenvalue weighted by Gasteiger charge is -2.19. The summed E-state index contributed by atoms with van der Waals surface area (Å²) >= 11 is 0. The summed E-state index contributed by atoms with van der Waals surface area (Å²) in [5.41, 5.74) is 7.11. The monoisotopic (exact) mass is 308 g/mol. The number of hydrogen-bond acceptors (Lipinski definition) is 2. The van der Waals surface area contributed by atoms with Gasteiger partial charge >= 0.3 is 0 Å². The van der Waals surface area contributed by atoms with Crippen molar-refractivity contribution in [2.75, 3.05) is 23.3 Å². The Morgan fingerprint density at radius 2 is 1.83 bits per heavy atom. The van der Waals surface area contributed by atoms with E-state index in [2.05, 4.69) is 53.5 Å². The summed E-state index contributed by atoms with van der Waals surface area (Å²) in [6, 6.07) is 12.7. The maximum Gasteiger partial charge on any atom is 0.226 e. The summed E-state index contributed by atoms with van der Waals surface area (Å²) in [5.74, 6) is 0.0874. The maximum atomic E-state index is 12.3. The Kier molecular flexibility index (Phi) is 4.37. The van der Waals surface area contributed by atoms with Gasteiger partial charge in [0.05, 0.1) is 0 Å². The Morgan fingerprint density at radius 3 is 2.57 bits per heavy atom. The van der Waals surface area contributed by atoms with Crippen molar-refractivity contribution in [1.82, 2.24) is 0 Å². The van der Waals surface area contributed by atoms with E-state index in [1.807, 2.05) is 13.8 Å². The lowest BCUT2D eigenvalue weighted by Crippen LogP contribution is -2.26. The van der Waals surface area contributed by atoms with Gasteiger partial charge in [0.1, 0.15) is 0 Å². The number of carbonyl (C=O) groups is 1. The molecule has 3 nitrogen and oxygen atoms in total. The van der Waals surface area contributed by atoms with Crippen LogP contribution in [0.15, 0.2) is 36.4 Å². The highest BCUT2D eigenvalue weighted by Gasteiger charge is 2.19. The van der Waals surface area contributed by atoms with Crippen molar-refractivity contribution in [2.24, 2.45) is 0 Å². The summed E-state index contributed by atoms with van der Waals surface area (Å²) in [4.78, 5) is 14.6. The molecular weight excluding hydrogens is 284 g/mol. The van der Waals surface area contributed by atoms with E-state index in [9.17, 15) is 4.79 Å². The molecule has 23 heavy (non-hydrogen) atoms. The summed E-state index contributed by atoms with van der Waals surface area (Å²) in [6.07, 6.45) is 1.59. The van der Waals surface area contributed by atoms with Crippen LogP contribution in [0.25, 0.3) is 0 Å². The number of para-hydroxylation sites is 1. The van der Waals surface area contributed by atoms with Crippen LogP contribution >= 0.6 is 0 Å². The van der Waals surface area contributed by atoms with Gasteiger partial charge in [-0.25, -0.2) is 0 Å². The van der Waals surface area contributed by atoms with Crippen molar-refractivity contribution in [3.05, 3.63) is 58.7 Å². The Bertz CT molecular complexity index is 713. The van der Waals surface area contributed by atoms with Crippen LogP contribution in [0.1, 0.15) is 28.7 Å². The minimum absolute atomic E-state index is 0.0874. The third-order valence-corrected chi connectivity index (χ3v) is 4.53. The molecule has 1 aliphatic heterocycles. The molecule has 0 atom stereocenters. The minimum atomic E-state index is 0.0874. The van der Waals surface area contributed by atoms with Gasteiger partial charge in [-0.05, 0) is 49.9 Å². The maximum absolute atomic E-state index is 12.3. The molecule has 0 saturated carbocycles. The van der Waals surface area contributed by atoms with Crippen molar-refractivity contribution in [1.29, 1.82) is 0 Å². The average Bonchev–Trinajstić information content (AvgIpc) is 2.92. The number of nitrogens with one attached hydrogen (secondary N) is 1. The van der Waals surface area contributed by atoms with E-state index in [1.165, 1.54) is 16.8 Å². The minimum Gasteiger partial charge on any atom is -0.370 e.